The molecule has 0 atom stereocenters. The van der Waals surface area contributed by atoms with Crippen molar-refractivity contribution >= 4 is 5.57 Å². The molecule has 2 rings (SSSR count). The Labute approximate surface area is 124 Å². The lowest BCUT2D eigenvalue weighted by Gasteiger charge is -1.95. The smallest absolute Gasteiger partial charge is 0.395 e. The van der Waals surface area contributed by atoms with Crippen LogP contribution in [0.5, 0.6) is 0 Å². The van der Waals surface area contributed by atoms with Gasteiger partial charge in [-0.3, -0.25) is 0 Å². The highest BCUT2D eigenvalue weighted by molar-refractivity contribution is 5.75. The molecule has 5 nitrogen and oxygen atoms in total. The van der Waals surface area contributed by atoms with Crippen molar-refractivity contribution in [2.24, 2.45) is 0 Å². The molecule has 0 aromatic carbocycles. The topological polar surface area (TPSA) is 74.7 Å². The third kappa shape index (κ3) is 6.42. The molecule has 0 fully saturated rings. The summed E-state index contributed by atoms with van der Waals surface area (Å²) in [5, 5.41) is 5.25. The summed E-state index contributed by atoms with van der Waals surface area (Å²) in [7, 11) is 0. The van der Waals surface area contributed by atoms with Gasteiger partial charge < -0.3 is 9.40 Å². The first-order chi connectivity index (χ1) is 10.2. The van der Waals surface area contributed by atoms with Gasteiger partial charge in [0.1, 0.15) is 0 Å². The predicted octanol–water partition coefficient (Wildman–Crippen LogP) is 3.61. The van der Waals surface area contributed by atoms with Gasteiger partial charge in [0.15, 0.2) is 0 Å². The second-order valence-corrected chi connectivity index (χ2v) is 4.28. The fourth-order valence-corrected chi connectivity index (χ4v) is 1.59. The van der Waals surface area contributed by atoms with Gasteiger partial charge in [-0.1, -0.05) is 37.3 Å². The minimum atomic E-state index is -0.519. The van der Waals surface area contributed by atoms with E-state index < -0.39 is 5.76 Å². The maximum absolute atomic E-state index is 9.78. The largest absolute Gasteiger partial charge is 0.434 e. The molecule has 0 amide bonds. The molecule has 2 heterocycles. The Kier molecular flexibility index (Phi) is 7.35. The van der Waals surface area contributed by atoms with Crippen molar-refractivity contribution in [2.45, 2.75) is 27.2 Å². The molecular weight excluding hydrogens is 266 g/mol. The van der Waals surface area contributed by atoms with Crippen molar-refractivity contribution in [3.05, 3.63) is 70.8 Å². The summed E-state index contributed by atoms with van der Waals surface area (Å²) in [6.45, 7) is 6.25. The summed E-state index contributed by atoms with van der Waals surface area (Å²) in [5.41, 5.74) is 3.68. The fraction of sp³-hybridized carbons (Fsp3) is 0.250. The van der Waals surface area contributed by atoms with Crippen LogP contribution in [0.2, 0.25) is 0 Å². The second-order valence-electron chi connectivity index (χ2n) is 4.28. The molecule has 112 valence electrons. The zero-order valence-corrected chi connectivity index (χ0v) is 12.6. The Morgan fingerprint density at radius 2 is 2.29 bits per heavy atom. The Morgan fingerprint density at radius 3 is 2.71 bits per heavy atom. The molecule has 2 aromatic rings. The van der Waals surface area contributed by atoms with Gasteiger partial charge in [0.2, 0.25) is 6.39 Å². The van der Waals surface area contributed by atoms with Gasteiger partial charge in [0.25, 0.3) is 0 Å². The van der Waals surface area contributed by atoms with Crippen LogP contribution in [0.4, 0.5) is 0 Å². The summed E-state index contributed by atoms with van der Waals surface area (Å²) < 4.78 is 4.11. The van der Waals surface area contributed by atoms with Gasteiger partial charge in [-0.05, 0) is 37.5 Å². The molecule has 0 aliphatic rings. The number of hydrogen-bond acceptors (Lipinski definition) is 3. The lowest BCUT2D eigenvalue weighted by molar-refractivity contribution is 0.513. The molecule has 0 radical (unpaired) electrons. The standard InChI is InChI=1S/C14H19N.C2H2N2O2/c1-4-6-7-9-13(8-5-2)14-10-12(3)15-11-14;5-2-4-3-1-6-2/h5-11,15H,4H2,1-3H3;1H,(H,4,5)/b7-6+,8-5-,13-9+;. The van der Waals surface area contributed by atoms with E-state index in [1.807, 2.05) is 18.2 Å². The van der Waals surface area contributed by atoms with Crippen LogP contribution in [-0.2, 0) is 0 Å². The van der Waals surface area contributed by atoms with Crippen molar-refractivity contribution in [1.82, 2.24) is 15.2 Å². The van der Waals surface area contributed by atoms with E-state index in [9.17, 15) is 4.79 Å². The van der Waals surface area contributed by atoms with E-state index in [1.165, 1.54) is 16.8 Å². The van der Waals surface area contributed by atoms with E-state index >= 15 is 0 Å². The van der Waals surface area contributed by atoms with E-state index in [4.69, 9.17) is 0 Å². The molecule has 5 heteroatoms. The fourth-order valence-electron chi connectivity index (χ4n) is 1.59. The minimum Gasteiger partial charge on any atom is -0.395 e. The summed E-state index contributed by atoms with van der Waals surface area (Å²) in [6.07, 6.45) is 14.8. The first kappa shape index (κ1) is 16.5. The van der Waals surface area contributed by atoms with Gasteiger partial charge >= 0.3 is 5.76 Å². The number of rotatable bonds is 4. The highest BCUT2D eigenvalue weighted by Gasteiger charge is 1.98. The molecule has 21 heavy (non-hydrogen) atoms. The summed E-state index contributed by atoms with van der Waals surface area (Å²) in [6, 6.07) is 2.16. The first-order valence-electron chi connectivity index (χ1n) is 6.80. The van der Waals surface area contributed by atoms with E-state index in [-0.39, 0.29) is 0 Å². The first-order valence-corrected chi connectivity index (χ1v) is 6.80. The number of hydrogen-bond donors (Lipinski definition) is 2. The van der Waals surface area contributed by atoms with E-state index in [0.29, 0.717) is 0 Å². The van der Waals surface area contributed by atoms with Crippen molar-refractivity contribution in [2.75, 3.05) is 0 Å². The quantitative estimate of drug-likeness (QED) is 0.843. The third-order valence-corrected chi connectivity index (χ3v) is 2.52. The highest BCUT2D eigenvalue weighted by Crippen LogP contribution is 2.17. The van der Waals surface area contributed by atoms with Crippen LogP contribution in [-0.4, -0.2) is 15.2 Å². The highest BCUT2D eigenvalue weighted by atomic mass is 16.4. The van der Waals surface area contributed by atoms with Crippen LogP contribution in [0.25, 0.3) is 5.57 Å². The summed E-state index contributed by atoms with van der Waals surface area (Å²) >= 11 is 0. The Hall–Kier alpha value is -2.56. The van der Waals surface area contributed by atoms with Gasteiger partial charge in [0.05, 0.1) is 0 Å². The SMILES string of the molecule is C\C=C/C(=C\C=C\CC)c1c[nH]c(C)c1.O=c1[nH]nco1. The number of aromatic nitrogens is 3. The number of nitrogens with zero attached hydrogens (tertiary/aromatic N) is 1. The molecule has 2 N–H and O–H groups in total. The molecule has 2 aromatic heterocycles. The molecular formula is C16H21N3O2. The summed E-state index contributed by atoms with van der Waals surface area (Å²) in [4.78, 5) is 13.0. The van der Waals surface area contributed by atoms with Crippen LogP contribution in [0, 0.1) is 6.92 Å². The van der Waals surface area contributed by atoms with Crippen molar-refractivity contribution in [3.8, 4) is 0 Å². The van der Waals surface area contributed by atoms with Crippen molar-refractivity contribution in [3.63, 3.8) is 0 Å². The number of H-pyrrole nitrogens is 2. The molecule has 0 unspecified atom stereocenters. The lowest BCUT2D eigenvalue weighted by atomic mass is 10.1. The Balaban J connectivity index is 0.000000304. The maximum atomic E-state index is 9.78. The third-order valence-electron chi connectivity index (χ3n) is 2.52. The zero-order chi connectivity index (χ0) is 15.5. The number of allylic oxidation sites excluding steroid dienone is 6. The number of nitrogens with one attached hydrogen (secondary N) is 2. The van der Waals surface area contributed by atoms with Crippen LogP contribution in [0.1, 0.15) is 31.5 Å². The maximum Gasteiger partial charge on any atom is 0.434 e. The number of aryl methyl sites for hydroxylation is 1. The van der Waals surface area contributed by atoms with Crippen molar-refractivity contribution in [1.29, 1.82) is 0 Å². The monoisotopic (exact) mass is 287 g/mol. The normalized spacial score (nSPS) is 11.9. The van der Waals surface area contributed by atoms with Crippen LogP contribution in [0.3, 0.4) is 0 Å². The molecule has 0 aliphatic heterocycles. The zero-order valence-electron chi connectivity index (χ0n) is 12.6. The molecule has 0 saturated carbocycles. The average molecular weight is 287 g/mol. The lowest BCUT2D eigenvalue weighted by Crippen LogP contribution is -1.93. The predicted molar refractivity (Wildman–Crippen MR) is 84.9 cm³/mol. The molecule has 0 spiro atoms. The van der Waals surface area contributed by atoms with Crippen LogP contribution < -0.4 is 5.76 Å². The van der Waals surface area contributed by atoms with Crippen LogP contribution in [0.15, 0.2) is 58.2 Å². The summed E-state index contributed by atoms with van der Waals surface area (Å²) in [5.74, 6) is -0.519. The van der Waals surface area contributed by atoms with Gasteiger partial charge in [-0.25, -0.2) is 9.89 Å². The Morgan fingerprint density at radius 1 is 1.48 bits per heavy atom. The van der Waals surface area contributed by atoms with Crippen molar-refractivity contribution < 1.29 is 4.42 Å². The second kappa shape index (κ2) is 9.36. The van der Waals surface area contributed by atoms with Gasteiger partial charge in [-0.15, -0.1) is 5.10 Å². The van der Waals surface area contributed by atoms with E-state index in [2.05, 4.69) is 64.8 Å². The minimum absolute atomic E-state index is 0.519. The molecule has 0 bridgehead atoms. The van der Waals surface area contributed by atoms with E-state index in [0.717, 1.165) is 12.8 Å². The van der Waals surface area contributed by atoms with E-state index in [1.54, 1.807) is 0 Å². The molecule has 0 saturated heterocycles. The average Bonchev–Trinajstić information content (AvgIpc) is 3.10. The van der Waals surface area contributed by atoms with Gasteiger partial charge in [0, 0.05) is 11.9 Å². The number of aromatic amines is 2. The molecule has 0 aliphatic carbocycles. The van der Waals surface area contributed by atoms with Crippen LogP contribution >= 0.6 is 0 Å². The Bertz CT molecular complexity index is 640. The van der Waals surface area contributed by atoms with Gasteiger partial charge in [-0.2, -0.15) is 0 Å².